The van der Waals surface area contributed by atoms with E-state index in [-0.39, 0.29) is 22.6 Å². The van der Waals surface area contributed by atoms with Crippen LogP contribution in [0.25, 0.3) is 11.0 Å². The number of hydrogen-bond acceptors (Lipinski definition) is 3. The van der Waals surface area contributed by atoms with Crippen molar-refractivity contribution in [3.63, 3.8) is 0 Å². The molecule has 6 heteroatoms. The summed E-state index contributed by atoms with van der Waals surface area (Å²) >= 11 is 12.2. The van der Waals surface area contributed by atoms with Crippen molar-refractivity contribution in [3.8, 4) is 0 Å². The highest BCUT2D eigenvalue weighted by atomic mass is 35.5. The van der Waals surface area contributed by atoms with Crippen LogP contribution in [-0.4, -0.2) is 11.4 Å². The standard InChI is InChI=1S/C20H20Cl2N2O2/c21-14-4-13-5-15(18(23)26-17(13)16(22)6-14)19(25)24-20-7-10-1-11(8-20)3-12(2-10)9-20/h4-6,10-12,23H,1-3,7-9H2,(H,24,25). The van der Waals surface area contributed by atoms with E-state index < -0.39 is 0 Å². The van der Waals surface area contributed by atoms with Crippen molar-refractivity contribution in [2.75, 3.05) is 0 Å². The van der Waals surface area contributed by atoms with E-state index in [2.05, 4.69) is 5.32 Å². The Labute approximate surface area is 161 Å². The normalized spacial score (nSPS) is 32.2. The maximum Gasteiger partial charge on any atom is 0.257 e. The zero-order valence-corrected chi connectivity index (χ0v) is 15.8. The highest BCUT2D eigenvalue weighted by Gasteiger charge is 2.51. The number of hydrogen-bond donors (Lipinski definition) is 2. The van der Waals surface area contributed by atoms with Gasteiger partial charge in [-0.2, -0.15) is 0 Å². The molecule has 4 nitrogen and oxygen atoms in total. The molecule has 4 fully saturated rings. The summed E-state index contributed by atoms with van der Waals surface area (Å²) in [6.07, 6.45) is 7.17. The second-order valence-electron chi connectivity index (χ2n) is 8.45. The van der Waals surface area contributed by atoms with E-state index in [9.17, 15) is 4.79 Å². The maximum absolute atomic E-state index is 13.0. The third kappa shape index (κ3) is 2.66. The van der Waals surface area contributed by atoms with E-state index >= 15 is 0 Å². The molecule has 2 N–H and O–H groups in total. The van der Waals surface area contributed by atoms with E-state index in [0.717, 1.165) is 37.0 Å². The Morgan fingerprint density at radius 3 is 2.31 bits per heavy atom. The van der Waals surface area contributed by atoms with Crippen molar-refractivity contribution in [2.45, 2.75) is 44.1 Å². The van der Waals surface area contributed by atoms with Gasteiger partial charge in [-0.25, -0.2) is 0 Å². The van der Waals surface area contributed by atoms with Crippen LogP contribution in [0.3, 0.4) is 0 Å². The van der Waals surface area contributed by atoms with E-state index in [0.29, 0.717) is 21.0 Å². The third-order valence-electron chi connectivity index (χ3n) is 6.45. The van der Waals surface area contributed by atoms with Crippen molar-refractivity contribution in [2.24, 2.45) is 17.8 Å². The summed E-state index contributed by atoms with van der Waals surface area (Å²) in [5.41, 5.74) is 0.363. The number of amides is 1. The van der Waals surface area contributed by atoms with Gasteiger partial charge in [-0.3, -0.25) is 10.2 Å². The van der Waals surface area contributed by atoms with Gasteiger partial charge in [-0.1, -0.05) is 23.2 Å². The lowest BCUT2D eigenvalue weighted by Gasteiger charge is -2.56. The molecule has 0 radical (unpaired) electrons. The fraction of sp³-hybridized carbons (Fsp3) is 0.500. The van der Waals surface area contributed by atoms with E-state index in [1.807, 2.05) is 0 Å². The van der Waals surface area contributed by atoms with Crippen molar-refractivity contribution < 1.29 is 9.21 Å². The predicted molar refractivity (Wildman–Crippen MR) is 100 cm³/mol. The zero-order chi connectivity index (χ0) is 18.1. The Bertz CT molecular complexity index is 946. The summed E-state index contributed by atoms with van der Waals surface area (Å²) in [5.74, 6) is 2.02. The molecule has 1 heterocycles. The molecular weight excluding hydrogens is 371 g/mol. The fourth-order valence-electron chi connectivity index (χ4n) is 5.91. The van der Waals surface area contributed by atoms with Gasteiger partial charge in [0.15, 0.2) is 5.58 Å². The number of carbonyl (C=O) groups excluding carboxylic acids is 1. The summed E-state index contributed by atoms with van der Waals surface area (Å²) in [6.45, 7) is 0. The van der Waals surface area contributed by atoms with E-state index in [1.54, 1.807) is 18.2 Å². The minimum absolute atomic E-state index is 0.0980. The molecule has 136 valence electrons. The molecule has 1 amide bonds. The molecule has 4 saturated carbocycles. The number of nitrogens with one attached hydrogen (secondary N) is 2. The van der Waals surface area contributed by atoms with Crippen LogP contribution < -0.4 is 10.9 Å². The predicted octanol–water partition coefficient (Wildman–Crippen LogP) is 4.92. The van der Waals surface area contributed by atoms with Gasteiger partial charge in [0, 0.05) is 15.9 Å². The SMILES string of the molecule is N=c1oc2c(Cl)cc(Cl)cc2cc1C(=O)NC12CC3CC(CC(C3)C1)C2. The molecule has 4 aliphatic carbocycles. The number of carbonyl (C=O) groups is 1. The van der Waals surface area contributed by atoms with Crippen LogP contribution >= 0.6 is 23.2 Å². The van der Waals surface area contributed by atoms with Crippen LogP contribution in [0.5, 0.6) is 0 Å². The van der Waals surface area contributed by atoms with Gasteiger partial charge in [-0.15, -0.1) is 0 Å². The van der Waals surface area contributed by atoms with Gasteiger partial charge < -0.3 is 9.73 Å². The maximum atomic E-state index is 13.0. The minimum Gasteiger partial charge on any atom is -0.437 e. The topological polar surface area (TPSA) is 66.1 Å². The van der Waals surface area contributed by atoms with E-state index in [4.69, 9.17) is 33.0 Å². The first-order valence-electron chi connectivity index (χ1n) is 9.21. The second kappa shape index (κ2) is 5.74. The van der Waals surface area contributed by atoms with Gasteiger partial charge >= 0.3 is 0 Å². The van der Waals surface area contributed by atoms with Crippen LogP contribution in [0.15, 0.2) is 22.6 Å². The Morgan fingerprint density at radius 1 is 1.08 bits per heavy atom. The Morgan fingerprint density at radius 2 is 1.69 bits per heavy atom. The largest absolute Gasteiger partial charge is 0.437 e. The summed E-state index contributed by atoms with van der Waals surface area (Å²) < 4.78 is 5.54. The summed E-state index contributed by atoms with van der Waals surface area (Å²) in [4.78, 5) is 13.0. The third-order valence-corrected chi connectivity index (χ3v) is 6.95. The molecule has 26 heavy (non-hydrogen) atoms. The molecular formula is C20H20Cl2N2O2. The summed E-state index contributed by atoms with van der Waals surface area (Å²) in [7, 11) is 0. The monoisotopic (exact) mass is 390 g/mol. The lowest BCUT2D eigenvalue weighted by molar-refractivity contribution is -0.0167. The molecule has 6 rings (SSSR count). The number of benzene rings is 1. The van der Waals surface area contributed by atoms with Crippen molar-refractivity contribution in [1.82, 2.24) is 5.32 Å². The quantitative estimate of drug-likeness (QED) is 0.763. The molecule has 4 aliphatic rings. The number of halogens is 2. The molecule has 0 atom stereocenters. The molecule has 4 bridgehead atoms. The molecule has 0 spiro atoms. The smallest absolute Gasteiger partial charge is 0.257 e. The molecule has 2 aromatic rings. The van der Waals surface area contributed by atoms with Crippen molar-refractivity contribution >= 4 is 40.1 Å². The van der Waals surface area contributed by atoms with Crippen molar-refractivity contribution in [1.29, 1.82) is 5.41 Å². The van der Waals surface area contributed by atoms with Gasteiger partial charge in [-0.05, 0) is 74.5 Å². The van der Waals surface area contributed by atoms with Crippen LogP contribution in [-0.2, 0) is 0 Å². The summed E-state index contributed by atoms with van der Waals surface area (Å²) in [6, 6.07) is 4.94. The Hall–Kier alpha value is -1.52. The summed E-state index contributed by atoms with van der Waals surface area (Å²) in [5, 5.41) is 12.9. The van der Waals surface area contributed by atoms with Gasteiger partial charge in [0.1, 0.15) is 5.56 Å². The van der Waals surface area contributed by atoms with Gasteiger partial charge in [0.05, 0.1) is 5.02 Å². The first-order valence-corrected chi connectivity index (χ1v) is 9.96. The van der Waals surface area contributed by atoms with Gasteiger partial charge in [0.25, 0.3) is 5.91 Å². The Balaban J connectivity index is 1.49. The Kier molecular flexibility index (Phi) is 3.67. The number of rotatable bonds is 2. The van der Waals surface area contributed by atoms with E-state index in [1.165, 1.54) is 19.3 Å². The number of fused-ring (bicyclic) bond motifs is 1. The van der Waals surface area contributed by atoms with Crippen LogP contribution in [0.1, 0.15) is 48.9 Å². The minimum atomic E-state index is -0.223. The average molecular weight is 391 g/mol. The highest BCUT2D eigenvalue weighted by Crippen LogP contribution is 2.55. The molecule has 0 unspecified atom stereocenters. The first kappa shape index (κ1) is 16.6. The molecule has 1 aromatic carbocycles. The first-order chi connectivity index (χ1) is 12.4. The lowest BCUT2D eigenvalue weighted by atomic mass is 9.53. The molecule has 0 saturated heterocycles. The van der Waals surface area contributed by atoms with Crippen LogP contribution in [0.2, 0.25) is 10.0 Å². The molecule has 0 aliphatic heterocycles. The zero-order valence-electron chi connectivity index (χ0n) is 14.3. The fourth-order valence-corrected chi connectivity index (χ4v) is 6.46. The average Bonchev–Trinajstić information content (AvgIpc) is 2.53. The van der Waals surface area contributed by atoms with Crippen LogP contribution in [0.4, 0.5) is 0 Å². The second-order valence-corrected chi connectivity index (χ2v) is 9.29. The van der Waals surface area contributed by atoms with Gasteiger partial charge in [0.2, 0.25) is 5.55 Å². The highest BCUT2D eigenvalue weighted by molar-refractivity contribution is 6.38. The lowest BCUT2D eigenvalue weighted by Crippen LogP contribution is -2.60. The van der Waals surface area contributed by atoms with Crippen LogP contribution in [0, 0.1) is 23.2 Å². The molecule has 1 aromatic heterocycles. The van der Waals surface area contributed by atoms with Crippen molar-refractivity contribution in [3.05, 3.63) is 39.4 Å².